The Bertz CT molecular complexity index is 3320. The first-order valence-corrected chi connectivity index (χ1v) is 20.7. The predicted molar refractivity (Wildman–Crippen MR) is 250 cm³/mol. The van der Waals surface area contributed by atoms with Crippen LogP contribution in [0.2, 0.25) is 0 Å². The second-order valence-electron chi connectivity index (χ2n) is 15.9. The van der Waals surface area contributed by atoms with E-state index in [0.29, 0.717) is 0 Å². The molecule has 1 aliphatic rings. The highest BCUT2D eigenvalue weighted by molar-refractivity contribution is 6.09. The average Bonchev–Trinajstić information content (AvgIpc) is 3.81. The van der Waals surface area contributed by atoms with Gasteiger partial charge in [0.1, 0.15) is 0 Å². The van der Waals surface area contributed by atoms with Crippen LogP contribution in [0.3, 0.4) is 0 Å². The van der Waals surface area contributed by atoms with Crippen molar-refractivity contribution in [3.05, 3.63) is 253 Å². The van der Waals surface area contributed by atoms with Crippen molar-refractivity contribution in [3.8, 4) is 50.5 Å². The SMILES string of the molecule is c1ccc(-c2cc(-c3cccc(-n4c5ccccc5c5ccccc54)c3)cc(-c3ccc4c(c3)C(c3ccccc3)(c3ccccc3)c3cc5ccccc5cc3-4)n2)cc1. The summed E-state index contributed by atoms with van der Waals surface area (Å²) in [6.07, 6.45) is 0. The van der Waals surface area contributed by atoms with Gasteiger partial charge in [0.2, 0.25) is 0 Å². The van der Waals surface area contributed by atoms with E-state index in [9.17, 15) is 0 Å². The highest BCUT2D eigenvalue weighted by Crippen LogP contribution is 2.57. The van der Waals surface area contributed by atoms with Gasteiger partial charge in [-0.3, -0.25) is 0 Å². The van der Waals surface area contributed by atoms with Gasteiger partial charge in [0.05, 0.1) is 27.8 Å². The van der Waals surface area contributed by atoms with Crippen molar-refractivity contribution in [2.45, 2.75) is 5.41 Å². The predicted octanol–water partition coefficient (Wildman–Crippen LogP) is 14.7. The number of nitrogens with zero attached hydrogens (tertiary/aromatic N) is 2. The monoisotopic (exact) mass is 762 g/mol. The number of fused-ring (bicyclic) bond motifs is 7. The van der Waals surface area contributed by atoms with Crippen molar-refractivity contribution in [2.24, 2.45) is 0 Å². The molecule has 0 N–H and O–H groups in total. The average molecular weight is 763 g/mol. The Morgan fingerprint density at radius 3 is 1.53 bits per heavy atom. The minimum Gasteiger partial charge on any atom is -0.309 e. The lowest BCUT2D eigenvalue weighted by Crippen LogP contribution is -2.28. The summed E-state index contributed by atoms with van der Waals surface area (Å²) in [5.74, 6) is 0. The normalized spacial score (nSPS) is 12.8. The van der Waals surface area contributed by atoms with E-state index in [1.54, 1.807) is 0 Å². The lowest BCUT2D eigenvalue weighted by molar-refractivity contribution is 0.770. The smallest absolute Gasteiger partial charge is 0.0715 e. The number of hydrogen-bond acceptors (Lipinski definition) is 1. The third-order valence-electron chi connectivity index (χ3n) is 12.6. The van der Waals surface area contributed by atoms with Gasteiger partial charge < -0.3 is 4.57 Å². The molecule has 12 rings (SSSR count). The second-order valence-corrected chi connectivity index (χ2v) is 15.9. The van der Waals surface area contributed by atoms with Crippen LogP contribution in [-0.2, 0) is 5.41 Å². The Morgan fingerprint density at radius 1 is 0.333 bits per heavy atom. The molecule has 0 aliphatic heterocycles. The van der Waals surface area contributed by atoms with Crippen molar-refractivity contribution in [2.75, 3.05) is 0 Å². The van der Waals surface area contributed by atoms with E-state index in [-0.39, 0.29) is 0 Å². The molecule has 2 nitrogen and oxygen atoms in total. The quantitative estimate of drug-likeness (QED) is 0.165. The van der Waals surface area contributed by atoms with Crippen LogP contribution >= 0.6 is 0 Å². The van der Waals surface area contributed by atoms with Crippen LogP contribution in [0.1, 0.15) is 22.3 Å². The number of hydrogen-bond donors (Lipinski definition) is 0. The first kappa shape index (κ1) is 34.3. The van der Waals surface area contributed by atoms with Crippen molar-refractivity contribution in [1.82, 2.24) is 9.55 Å². The minimum atomic E-state index is -0.538. The molecule has 0 bridgehead atoms. The second kappa shape index (κ2) is 13.7. The zero-order chi connectivity index (χ0) is 39.6. The van der Waals surface area contributed by atoms with E-state index in [4.69, 9.17) is 4.98 Å². The molecule has 0 atom stereocenters. The molecule has 0 saturated carbocycles. The maximum absolute atomic E-state index is 5.46. The van der Waals surface area contributed by atoms with E-state index >= 15 is 0 Å². The lowest BCUT2D eigenvalue weighted by atomic mass is 9.67. The Morgan fingerprint density at radius 2 is 0.867 bits per heavy atom. The molecular formula is C58H38N2. The third kappa shape index (κ3) is 5.24. The largest absolute Gasteiger partial charge is 0.309 e. The molecule has 280 valence electrons. The molecule has 9 aromatic carbocycles. The minimum absolute atomic E-state index is 0.538. The van der Waals surface area contributed by atoms with Crippen LogP contribution in [0.4, 0.5) is 0 Å². The first-order valence-electron chi connectivity index (χ1n) is 20.7. The fraction of sp³-hybridized carbons (Fsp3) is 0.0172. The van der Waals surface area contributed by atoms with Crippen LogP contribution in [0, 0.1) is 0 Å². The van der Waals surface area contributed by atoms with Crippen molar-refractivity contribution < 1.29 is 0 Å². The molecule has 0 fully saturated rings. The van der Waals surface area contributed by atoms with Crippen LogP contribution < -0.4 is 0 Å². The van der Waals surface area contributed by atoms with Gasteiger partial charge in [-0.1, -0.05) is 176 Å². The number of aromatic nitrogens is 2. The zero-order valence-electron chi connectivity index (χ0n) is 32.8. The van der Waals surface area contributed by atoms with Crippen molar-refractivity contribution in [1.29, 1.82) is 0 Å². The van der Waals surface area contributed by atoms with E-state index in [1.165, 1.54) is 66.0 Å². The summed E-state index contributed by atoms with van der Waals surface area (Å²) in [6, 6.07) is 84.2. The van der Waals surface area contributed by atoms with Crippen molar-refractivity contribution in [3.63, 3.8) is 0 Å². The number of para-hydroxylation sites is 2. The molecule has 2 aromatic heterocycles. The van der Waals surface area contributed by atoms with Gasteiger partial charge in [-0.05, 0) is 110 Å². The molecule has 0 unspecified atom stereocenters. The van der Waals surface area contributed by atoms with Gasteiger partial charge in [0, 0.05) is 27.6 Å². The van der Waals surface area contributed by atoms with Crippen LogP contribution in [0.5, 0.6) is 0 Å². The molecule has 0 spiro atoms. The standard InChI is InChI=1S/C58H38N2/c1-4-17-39(18-5-1)54-37-44(40-21-16-26-47(33-40)60-56-29-14-12-27-49(56)50-28-13-15-30-57(50)60)38-55(59-54)43-31-32-48-51-34-41-19-10-11-20-42(41)35-53(51)58(52(48)36-43,45-22-6-2-7-23-45)46-24-8-3-9-25-46/h1-38H. The summed E-state index contributed by atoms with van der Waals surface area (Å²) in [4.78, 5) is 5.46. The summed E-state index contributed by atoms with van der Waals surface area (Å²) in [7, 11) is 0. The lowest BCUT2D eigenvalue weighted by Gasteiger charge is -2.34. The Balaban J connectivity index is 1.09. The molecule has 1 aliphatic carbocycles. The molecule has 0 saturated heterocycles. The Hall–Kier alpha value is -7.81. The van der Waals surface area contributed by atoms with E-state index < -0.39 is 5.41 Å². The fourth-order valence-corrected chi connectivity index (χ4v) is 9.96. The van der Waals surface area contributed by atoms with Crippen molar-refractivity contribution >= 4 is 32.6 Å². The summed E-state index contributed by atoms with van der Waals surface area (Å²) in [6.45, 7) is 0. The summed E-state index contributed by atoms with van der Waals surface area (Å²) >= 11 is 0. The maximum atomic E-state index is 5.46. The molecular weight excluding hydrogens is 725 g/mol. The highest BCUT2D eigenvalue weighted by Gasteiger charge is 2.46. The number of benzene rings is 9. The number of pyridine rings is 1. The van der Waals surface area contributed by atoms with Gasteiger partial charge in [-0.25, -0.2) is 4.98 Å². The number of rotatable bonds is 6. The van der Waals surface area contributed by atoms with E-state index in [1.807, 2.05) is 0 Å². The van der Waals surface area contributed by atoms with Gasteiger partial charge in [-0.2, -0.15) is 0 Å². The Kier molecular flexibility index (Phi) is 7.79. The van der Waals surface area contributed by atoms with Crippen LogP contribution in [-0.4, -0.2) is 9.55 Å². The van der Waals surface area contributed by atoms with Crippen LogP contribution in [0.15, 0.2) is 231 Å². The first-order chi connectivity index (χ1) is 29.7. The summed E-state index contributed by atoms with van der Waals surface area (Å²) in [5.41, 5.74) is 16.9. The summed E-state index contributed by atoms with van der Waals surface area (Å²) < 4.78 is 2.39. The summed E-state index contributed by atoms with van der Waals surface area (Å²) in [5, 5.41) is 4.99. The topological polar surface area (TPSA) is 17.8 Å². The molecule has 2 heterocycles. The fourth-order valence-electron chi connectivity index (χ4n) is 9.96. The van der Waals surface area contributed by atoms with E-state index in [2.05, 4.69) is 235 Å². The zero-order valence-corrected chi connectivity index (χ0v) is 32.8. The molecule has 0 radical (unpaired) electrons. The maximum Gasteiger partial charge on any atom is 0.0715 e. The molecule has 2 heteroatoms. The third-order valence-corrected chi connectivity index (χ3v) is 12.6. The van der Waals surface area contributed by atoms with Gasteiger partial charge >= 0.3 is 0 Å². The Labute approximate surface area is 349 Å². The molecule has 0 amide bonds. The van der Waals surface area contributed by atoms with Crippen LogP contribution in [0.25, 0.3) is 83.0 Å². The van der Waals surface area contributed by atoms with Gasteiger partial charge in [0.25, 0.3) is 0 Å². The molecule has 11 aromatic rings. The molecule has 60 heavy (non-hydrogen) atoms. The highest BCUT2D eigenvalue weighted by atomic mass is 15.0. The van der Waals surface area contributed by atoms with Gasteiger partial charge in [-0.15, -0.1) is 0 Å². The van der Waals surface area contributed by atoms with Gasteiger partial charge in [0.15, 0.2) is 0 Å². The van der Waals surface area contributed by atoms with E-state index in [0.717, 1.165) is 39.3 Å².